The van der Waals surface area contributed by atoms with Crippen molar-refractivity contribution in [3.63, 3.8) is 0 Å². The number of hydrogen-bond acceptors (Lipinski definition) is 8. The molecular formula is C45H90NO8P. The topological polar surface area (TPSA) is 111 Å². The average molecular weight is 804 g/mol. The Morgan fingerprint density at radius 3 is 1.16 bits per heavy atom. The zero-order chi connectivity index (χ0) is 40.7. The molecule has 0 rings (SSSR count). The van der Waals surface area contributed by atoms with E-state index in [1.165, 1.54) is 193 Å². The Hall–Kier alpha value is -0.990. The van der Waals surface area contributed by atoms with Crippen LogP contribution in [0, 0.1) is 0 Å². The van der Waals surface area contributed by atoms with E-state index in [2.05, 4.69) is 6.92 Å². The molecule has 0 bridgehead atoms. The van der Waals surface area contributed by atoms with Crippen molar-refractivity contribution in [3.05, 3.63) is 0 Å². The Morgan fingerprint density at radius 1 is 0.527 bits per heavy atom. The minimum absolute atomic E-state index is 0.0305. The molecule has 0 saturated carbocycles. The van der Waals surface area contributed by atoms with Gasteiger partial charge in [0.25, 0.3) is 7.82 Å². The van der Waals surface area contributed by atoms with Crippen LogP contribution >= 0.6 is 7.82 Å². The summed E-state index contributed by atoms with van der Waals surface area (Å²) in [5.41, 5.74) is 0. The van der Waals surface area contributed by atoms with Crippen molar-refractivity contribution in [1.29, 1.82) is 0 Å². The van der Waals surface area contributed by atoms with E-state index in [0.29, 0.717) is 11.0 Å². The van der Waals surface area contributed by atoms with Crippen LogP contribution in [-0.4, -0.2) is 70.0 Å². The van der Waals surface area contributed by atoms with Crippen LogP contribution < -0.4 is 4.89 Å². The van der Waals surface area contributed by atoms with Crippen molar-refractivity contribution in [2.24, 2.45) is 0 Å². The molecule has 2 atom stereocenters. The number of esters is 2. The van der Waals surface area contributed by atoms with Crippen LogP contribution in [0.5, 0.6) is 0 Å². The van der Waals surface area contributed by atoms with Gasteiger partial charge < -0.3 is 27.9 Å². The predicted octanol–water partition coefficient (Wildman–Crippen LogP) is 12.6. The fraction of sp³-hybridized carbons (Fsp3) is 0.956. The highest BCUT2D eigenvalue weighted by atomic mass is 31.2. The second-order valence-corrected chi connectivity index (χ2v) is 18.6. The molecule has 1 unspecified atom stereocenters. The molecule has 0 radical (unpaired) electrons. The number of carbonyl (C=O) groups excluding carboxylic acids is 2. The zero-order valence-corrected chi connectivity index (χ0v) is 37.8. The molecule has 0 aromatic rings. The predicted molar refractivity (Wildman–Crippen MR) is 227 cm³/mol. The minimum Gasteiger partial charge on any atom is -0.756 e. The monoisotopic (exact) mass is 804 g/mol. The number of likely N-dealkylation sites (N-methyl/N-ethyl adjacent to an activating group) is 1. The fourth-order valence-corrected chi connectivity index (χ4v) is 7.62. The number of nitrogens with zero attached hydrogens (tertiary/aromatic N) is 1. The lowest BCUT2D eigenvalue weighted by Gasteiger charge is -2.28. The van der Waals surface area contributed by atoms with Crippen molar-refractivity contribution in [3.8, 4) is 0 Å². The van der Waals surface area contributed by atoms with Crippen LogP contribution in [0.3, 0.4) is 0 Å². The lowest BCUT2D eigenvalue weighted by atomic mass is 10.0. The molecule has 0 heterocycles. The lowest BCUT2D eigenvalue weighted by molar-refractivity contribution is -0.870. The number of ether oxygens (including phenoxy) is 2. The van der Waals surface area contributed by atoms with Crippen LogP contribution in [0.25, 0.3) is 0 Å². The van der Waals surface area contributed by atoms with Gasteiger partial charge >= 0.3 is 11.9 Å². The van der Waals surface area contributed by atoms with E-state index >= 15 is 0 Å². The molecule has 0 aliphatic carbocycles. The molecule has 0 saturated heterocycles. The Balaban J connectivity index is 3.48. The highest BCUT2D eigenvalue weighted by molar-refractivity contribution is 7.45. The van der Waals surface area contributed by atoms with Crippen molar-refractivity contribution in [1.82, 2.24) is 0 Å². The summed E-state index contributed by atoms with van der Waals surface area (Å²) in [6, 6.07) is 0. The second-order valence-electron chi connectivity index (χ2n) is 17.2. The molecule has 0 amide bonds. The standard InChI is InChI=1S/C45H90NO8P/c1-6-7-8-9-10-11-12-13-14-15-16-17-18-19-20-21-22-23-24-25-26-27-28-29-30-31-32-33-34-35-36-37-38-45(48)51-41-44(54-43(2)47)42-53-55(49,50)52-40-39-46(3,4)5/h44H,6-42H2,1-5H3/t44-/m1/s1. The largest absolute Gasteiger partial charge is 0.756 e. The third kappa shape index (κ3) is 44.0. The van der Waals surface area contributed by atoms with Crippen molar-refractivity contribution < 1.29 is 42.1 Å². The minimum atomic E-state index is -4.57. The van der Waals surface area contributed by atoms with Gasteiger partial charge in [-0.1, -0.05) is 206 Å². The van der Waals surface area contributed by atoms with E-state index in [9.17, 15) is 19.0 Å². The van der Waals surface area contributed by atoms with E-state index in [1.807, 2.05) is 21.1 Å². The van der Waals surface area contributed by atoms with Crippen molar-refractivity contribution in [2.45, 2.75) is 232 Å². The normalized spacial score (nSPS) is 13.5. The molecule has 0 N–H and O–H groups in total. The molecule has 0 aliphatic rings. The number of hydrogen-bond donors (Lipinski definition) is 0. The van der Waals surface area contributed by atoms with E-state index in [4.69, 9.17) is 18.5 Å². The maximum Gasteiger partial charge on any atom is 0.305 e. The van der Waals surface area contributed by atoms with Gasteiger partial charge in [-0.25, -0.2) is 0 Å². The molecule has 328 valence electrons. The molecule has 0 fully saturated rings. The first-order valence-electron chi connectivity index (χ1n) is 23.2. The number of carbonyl (C=O) groups is 2. The number of unbranched alkanes of at least 4 members (excludes halogenated alkanes) is 31. The highest BCUT2D eigenvalue weighted by Gasteiger charge is 2.20. The van der Waals surface area contributed by atoms with Crippen LogP contribution in [0.2, 0.25) is 0 Å². The highest BCUT2D eigenvalue weighted by Crippen LogP contribution is 2.38. The first-order valence-corrected chi connectivity index (χ1v) is 24.6. The number of quaternary nitrogens is 1. The summed E-state index contributed by atoms with van der Waals surface area (Å²) < 4.78 is 32.6. The third-order valence-electron chi connectivity index (χ3n) is 10.4. The van der Waals surface area contributed by atoms with Gasteiger partial charge in [0.2, 0.25) is 0 Å². The Kier molecular flexibility index (Phi) is 37.8. The Morgan fingerprint density at radius 2 is 0.855 bits per heavy atom. The summed E-state index contributed by atoms with van der Waals surface area (Å²) in [5.74, 6) is -1.01. The first kappa shape index (κ1) is 54.0. The van der Waals surface area contributed by atoms with Crippen molar-refractivity contribution >= 4 is 19.8 Å². The van der Waals surface area contributed by atoms with Gasteiger partial charge in [0.05, 0.1) is 27.7 Å². The summed E-state index contributed by atoms with van der Waals surface area (Å²) >= 11 is 0. The molecule has 0 aliphatic heterocycles. The molecule has 0 aromatic carbocycles. The number of phosphoric ester groups is 1. The third-order valence-corrected chi connectivity index (χ3v) is 11.4. The summed E-state index contributed by atoms with van der Waals surface area (Å²) in [4.78, 5) is 35.6. The maximum atomic E-state index is 12.2. The zero-order valence-electron chi connectivity index (χ0n) is 36.9. The molecule has 10 heteroatoms. The van der Waals surface area contributed by atoms with Crippen molar-refractivity contribution in [2.75, 3.05) is 47.5 Å². The average Bonchev–Trinajstić information content (AvgIpc) is 3.12. The fourth-order valence-electron chi connectivity index (χ4n) is 6.89. The van der Waals surface area contributed by atoms with Gasteiger partial charge in [-0.15, -0.1) is 0 Å². The van der Waals surface area contributed by atoms with Gasteiger partial charge in [-0.3, -0.25) is 14.2 Å². The summed E-state index contributed by atoms with van der Waals surface area (Å²) in [6.07, 6.45) is 42.9. The van der Waals surface area contributed by atoms with Crippen LogP contribution in [0.4, 0.5) is 0 Å². The van der Waals surface area contributed by atoms with Crippen LogP contribution in [0.1, 0.15) is 226 Å². The molecule has 9 nitrogen and oxygen atoms in total. The molecule has 55 heavy (non-hydrogen) atoms. The van der Waals surface area contributed by atoms with E-state index < -0.39 is 32.5 Å². The number of rotatable bonds is 43. The van der Waals surface area contributed by atoms with E-state index in [-0.39, 0.29) is 19.6 Å². The van der Waals surface area contributed by atoms with Gasteiger partial charge in [-0.05, 0) is 6.42 Å². The second kappa shape index (κ2) is 38.5. The van der Waals surface area contributed by atoms with Crippen LogP contribution in [0.15, 0.2) is 0 Å². The molecular weight excluding hydrogens is 713 g/mol. The van der Waals surface area contributed by atoms with Gasteiger partial charge in [-0.2, -0.15) is 0 Å². The van der Waals surface area contributed by atoms with Gasteiger partial charge in [0.1, 0.15) is 19.8 Å². The summed E-state index contributed by atoms with van der Waals surface area (Å²) in [5, 5.41) is 0. The maximum absolute atomic E-state index is 12.2. The smallest absolute Gasteiger partial charge is 0.305 e. The Labute approximate surface area is 340 Å². The molecule has 0 spiro atoms. The number of phosphoric acid groups is 1. The lowest BCUT2D eigenvalue weighted by Crippen LogP contribution is -2.37. The van der Waals surface area contributed by atoms with E-state index in [1.54, 1.807) is 0 Å². The summed E-state index contributed by atoms with van der Waals surface area (Å²) in [6.45, 7) is 3.20. The van der Waals surface area contributed by atoms with Gasteiger partial charge in [0, 0.05) is 13.3 Å². The van der Waals surface area contributed by atoms with Gasteiger partial charge in [0.15, 0.2) is 6.10 Å². The van der Waals surface area contributed by atoms with E-state index in [0.717, 1.165) is 19.3 Å². The summed E-state index contributed by atoms with van der Waals surface area (Å²) in [7, 11) is 1.17. The quantitative estimate of drug-likeness (QED) is 0.0259. The van der Waals surface area contributed by atoms with Crippen LogP contribution in [-0.2, 0) is 32.7 Å². The SMILES string of the molecule is CCCCCCCCCCCCCCCCCCCCCCCCCCCCCCCCCCC(=O)OC[C@H](COP(=O)([O-])OCC[N+](C)(C)C)OC(C)=O. The molecule has 0 aromatic heterocycles. The Bertz CT molecular complexity index is 912. The first-order chi connectivity index (χ1) is 26.4.